The second-order valence-electron chi connectivity index (χ2n) is 7.26. The van der Waals surface area contributed by atoms with Gasteiger partial charge >= 0.3 is 0 Å². The smallest absolute Gasteiger partial charge is 0.178 e. The predicted molar refractivity (Wildman–Crippen MR) is 125 cm³/mol. The van der Waals surface area contributed by atoms with Crippen molar-refractivity contribution in [1.82, 2.24) is 10.5 Å². The zero-order valence-electron chi connectivity index (χ0n) is 17.1. The number of para-hydroxylation sites is 3. The van der Waals surface area contributed by atoms with Crippen LogP contribution in [0.5, 0.6) is 17.2 Å². The highest BCUT2D eigenvalue weighted by molar-refractivity contribution is 7.17. The van der Waals surface area contributed by atoms with E-state index in [0.717, 1.165) is 33.0 Å². The number of aromatic nitrogens is 1. The van der Waals surface area contributed by atoms with E-state index in [0.29, 0.717) is 25.4 Å². The molecule has 0 radical (unpaired) electrons. The van der Waals surface area contributed by atoms with Crippen molar-refractivity contribution in [3.8, 4) is 28.5 Å². The van der Waals surface area contributed by atoms with E-state index in [1.54, 1.807) is 11.3 Å². The average Bonchev–Trinajstić information content (AvgIpc) is 3.42. The number of hydrogen-bond donors (Lipinski definition) is 2. The monoisotopic (exact) mass is 474 g/mol. The number of nitrogens with zero attached hydrogens (tertiary/aromatic N) is 1. The van der Waals surface area contributed by atoms with E-state index in [-0.39, 0.29) is 25.1 Å². The molecule has 2 N–H and O–H groups in total. The van der Waals surface area contributed by atoms with Gasteiger partial charge < -0.3 is 29.2 Å². The second kappa shape index (κ2) is 10.2. The molecule has 0 saturated heterocycles. The fourth-order valence-corrected chi connectivity index (χ4v) is 4.27. The molecule has 1 aliphatic rings. The molecule has 4 aromatic rings. The maximum absolute atomic E-state index is 10.4. The first-order valence-corrected chi connectivity index (χ1v) is 11.0. The van der Waals surface area contributed by atoms with E-state index < -0.39 is 6.10 Å². The summed E-state index contributed by atoms with van der Waals surface area (Å²) in [6.07, 6.45) is -0.784. The number of aliphatic hydroxyl groups is 1. The molecule has 9 heteroatoms. The van der Waals surface area contributed by atoms with Crippen molar-refractivity contribution < 1.29 is 23.8 Å². The highest BCUT2D eigenvalue weighted by atomic mass is 35.5. The Morgan fingerprint density at radius 2 is 1.94 bits per heavy atom. The van der Waals surface area contributed by atoms with Gasteiger partial charge in [0.15, 0.2) is 17.1 Å². The minimum Gasteiger partial charge on any atom is -0.490 e. The van der Waals surface area contributed by atoms with Crippen molar-refractivity contribution >= 4 is 34.0 Å². The van der Waals surface area contributed by atoms with Crippen molar-refractivity contribution in [3.63, 3.8) is 0 Å². The van der Waals surface area contributed by atoms with Crippen LogP contribution in [0.1, 0.15) is 0 Å². The van der Waals surface area contributed by atoms with E-state index in [1.165, 1.54) is 0 Å². The van der Waals surface area contributed by atoms with Crippen LogP contribution in [-0.2, 0) is 0 Å². The Morgan fingerprint density at radius 3 is 2.84 bits per heavy atom. The van der Waals surface area contributed by atoms with Crippen LogP contribution in [0.15, 0.2) is 64.5 Å². The lowest BCUT2D eigenvalue weighted by Crippen LogP contribution is -2.41. The van der Waals surface area contributed by atoms with Crippen LogP contribution in [0.4, 0.5) is 0 Å². The van der Waals surface area contributed by atoms with Crippen LogP contribution >= 0.6 is 23.7 Å². The number of nitrogens with one attached hydrogen (secondary N) is 1. The molecule has 2 atom stereocenters. The summed E-state index contributed by atoms with van der Waals surface area (Å²) in [6, 6.07) is 17.1. The lowest BCUT2D eigenvalue weighted by molar-refractivity contribution is 0.0779. The van der Waals surface area contributed by atoms with E-state index in [1.807, 2.05) is 60.0 Å². The van der Waals surface area contributed by atoms with Gasteiger partial charge in [-0.05, 0) is 35.7 Å². The quantitative estimate of drug-likeness (QED) is 0.396. The molecular formula is C23H23ClN2O5S. The zero-order chi connectivity index (χ0) is 21.0. The number of ether oxygens (including phenoxy) is 3. The van der Waals surface area contributed by atoms with Gasteiger partial charge in [0.2, 0.25) is 0 Å². The normalized spacial score (nSPS) is 15.8. The molecule has 0 saturated carbocycles. The van der Waals surface area contributed by atoms with E-state index >= 15 is 0 Å². The Balaban J connectivity index is 0.00000245. The van der Waals surface area contributed by atoms with Gasteiger partial charge in [-0.25, -0.2) is 0 Å². The summed E-state index contributed by atoms with van der Waals surface area (Å²) in [6.45, 7) is 1.57. The van der Waals surface area contributed by atoms with Crippen LogP contribution in [-0.4, -0.2) is 48.8 Å². The van der Waals surface area contributed by atoms with Crippen LogP contribution in [0.3, 0.4) is 0 Å². The molecule has 1 aliphatic heterocycles. The van der Waals surface area contributed by atoms with Gasteiger partial charge in [-0.3, -0.25) is 0 Å². The summed E-state index contributed by atoms with van der Waals surface area (Å²) in [5, 5.41) is 19.7. The molecule has 168 valence electrons. The Labute approximate surface area is 195 Å². The molecule has 0 fully saturated rings. The van der Waals surface area contributed by atoms with Crippen molar-refractivity contribution in [2.75, 3.05) is 26.3 Å². The van der Waals surface area contributed by atoms with Crippen molar-refractivity contribution in [1.29, 1.82) is 0 Å². The number of aliphatic hydroxyl groups excluding tert-OH is 1. The fourth-order valence-electron chi connectivity index (χ4n) is 3.46. The number of rotatable bonds is 8. The minimum atomic E-state index is -0.677. The van der Waals surface area contributed by atoms with E-state index in [4.69, 9.17) is 18.7 Å². The molecule has 0 spiro atoms. The van der Waals surface area contributed by atoms with Crippen molar-refractivity contribution in [2.45, 2.75) is 12.2 Å². The summed E-state index contributed by atoms with van der Waals surface area (Å²) < 4.78 is 23.9. The standard InChI is InChI=1S/C23H22N2O5S.ClH/c26-15(11-24-12-16-14-28-19-7-3-4-8-20(19)29-16)13-27-18-6-2-1-5-17(18)22-23-21(30-25-22)9-10-31-23;/h1-10,15-16,24,26H,11-14H2;1H. The first kappa shape index (κ1) is 22.4. The Bertz CT molecular complexity index is 1160. The van der Waals surface area contributed by atoms with E-state index in [2.05, 4.69) is 10.5 Å². The third-order valence-corrected chi connectivity index (χ3v) is 5.87. The maximum atomic E-state index is 10.4. The second-order valence-corrected chi connectivity index (χ2v) is 8.18. The van der Waals surface area contributed by atoms with Gasteiger partial charge in [0, 0.05) is 18.7 Å². The molecule has 2 aromatic heterocycles. The average molecular weight is 475 g/mol. The van der Waals surface area contributed by atoms with Gasteiger partial charge in [-0.15, -0.1) is 23.7 Å². The molecule has 2 unspecified atom stereocenters. The molecular weight excluding hydrogens is 452 g/mol. The topological polar surface area (TPSA) is 86.0 Å². The molecule has 5 rings (SSSR count). The van der Waals surface area contributed by atoms with E-state index in [9.17, 15) is 5.11 Å². The van der Waals surface area contributed by atoms with Crippen LogP contribution in [0, 0.1) is 0 Å². The summed E-state index contributed by atoms with van der Waals surface area (Å²) in [7, 11) is 0. The lowest BCUT2D eigenvalue weighted by Gasteiger charge is -2.27. The van der Waals surface area contributed by atoms with Crippen molar-refractivity contribution in [3.05, 3.63) is 60.0 Å². The largest absolute Gasteiger partial charge is 0.490 e. The third-order valence-electron chi connectivity index (χ3n) is 4.97. The Hall–Kier alpha value is -2.78. The highest BCUT2D eigenvalue weighted by Gasteiger charge is 2.21. The summed E-state index contributed by atoms with van der Waals surface area (Å²) in [5.41, 5.74) is 2.36. The molecule has 3 heterocycles. The van der Waals surface area contributed by atoms with Crippen molar-refractivity contribution in [2.24, 2.45) is 0 Å². The minimum absolute atomic E-state index is 0. The predicted octanol–water partition coefficient (Wildman–Crippen LogP) is 4.15. The Morgan fingerprint density at radius 1 is 1.12 bits per heavy atom. The summed E-state index contributed by atoms with van der Waals surface area (Å²) in [5.74, 6) is 2.16. The zero-order valence-corrected chi connectivity index (χ0v) is 18.7. The Kier molecular flexibility index (Phi) is 7.16. The number of thiophene rings is 1. The highest BCUT2D eigenvalue weighted by Crippen LogP contribution is 2.36. The van der Waals surface area contributed by atoms with Crippen LogP contribution in [0.2, 0.25) is 0 Å². The van der Waals surface area contributed by atoms with Gasteiger partial charge in [0.25, 0.3) is 0 Å². The molecule has 0 amide bonds. The summed E-state index contributed by atoms with van der Waals surface area (Å²) in [4.78, 5) is 0. The van der Waals surface area contributed by atoms with Gasteiger partial charge in [-0.2, -0.15) is 0 Å². The number of fused-ring (bicyclic) bond motifs is 2. The molecule has 0 aliphatic carbocycles. The number of hydrogen-bond acceptors (Lipinski definition) is 8. The van der Waals surface area contributed by atoms with Gasteiger partial charge in [-0.1, -0.05) is 29.4 Å². The SMILES string of the molecule is Cl.OC(CNCC1COc2ccccc2O1)COc1ccccc1-c1noc2ccsc12. The van der Waals surface area contributed by atoms with Gasteiger partial charge in [0.1, 0.15) is 41.6 Å². The maximum Gasteiger partial charge on any atom is 0.178 e. The number of benzene rings is 2. The third kappa shape index (κ3) is 4.83. The molecule has 0 bridgehead atoms. The van der Waals surface area contributed by atoms with Crippen LogP contribution in [0.25, 0.3) is 21.5 Å². The lowest BCUT2D eigenvalue weighted by atomic mass is 10.1. The number of halogens is 1. The first-order chi connectivity index (χ1) is 15.3. The first-order valence-electron chi connectivity index (χ1n) is 10.1. The van der Waals surface area contributed by atoms with Crippen LogP contribution < -0.4 is 19.5 Å². The summed E-state index contributed by atoms with van der Waals surface area (Å²) >= 11 is 1.58. The molecule has 2 aromatic carbocycles. The molecule has 32 heavy (non-hydrogen) atoms. The van der Waals surface area contributed by atoms with Gasteiger partial charge in [0.05, 0.1) is 0 Å². The molecule has 7 nitrogen and oxygen atoms in total. The fraction of sp³-hybridized carbons (Fsp3) is 0.261.